The van der Waals surface area contributed by atoms with Crippen LogP contribution in [0, 0.1) is 0 Å². The first-order valence-corrected chi connectivity index (χ1v) is 11.6. The second kappa shape index (κ2) is 13.3. The van der Waals surface area contributed by atoms with Crippen LogP contribution in [0.25, 0.3) is 0 Å². The van der Waals surface area contributed by atoms with Crippen LogP contribution in [-0.4, -0.2) is 21.1 Å². The standard InChI is InChI=1S/C21H37NO3S/c1-3-4-5-6-7-8-9-10-11-12-15-20-16-13-14-17-21(20)26(23,24)25-19(2)18-22/h13-14,16-17,19H,3-12,15,18,22H2,1-2H3. The molecule has 0 aromatic heterocycles. The highest BCUT2D eigenvalue weighted by Gasteiger charge is 2.21. The van der Waals surface area contributed by atoms with E-state index in [0.29, 0.717) is 0 Å². The predicted molar refractivity (Wildman–Crippen MR) is 109 cm³/mol. The lowest BCUT2D eigenvalue weighted by molar-refractivity contribution is 0.236. The van der Waals surface area contributed by atoms with Gasteiger partial charge >= 0.3 is 0 Å². The molecule has 0 saturated carbocycles. The van der Waals surface area contributed by atoms with Crippen molar-refractivity contribution in [3.05, 3.63) is 29.8 Å². The highest BCUT2D eigenvalue weighted by molar-refractivity contribution is 7.86. The number of hydrogen-bond donors (Lipinski definition) is 1. The van der Waals surface area contributed by atoms with Crippen LogP contribution in [0.15, 0.2) is 29.2 Å². The van der Waals surface area contributed by atoms with Gasteiger partial charge in [-0.3, -0.25) is 4.18 Å². The van der Waals surface area contributed by atoms with E-state index in [1.54, 1.807) is 19.1 Å². The molecule has 0 aliphatic carbocycles. The number of hydrogen-bond acceptors (Lipinski definition) is 4. The lowest BCUT2D eigenvalue weighted by Crippen LogP contribution is -2.24. The minimum Gasteiger partial charge on any atom is -0.328 e. The van der Waals surface area contributed by atoms with Crippen molar-refractivity contribution < 1.29 is 12.6 Å². The van der Waals surface area contributed by atoms with E-state index in [1.165, 1.54) is 51.4 Å². The molecule has 1 atom stereocenters. The van der Waals surface area contributed by atoms with Crippen LogP contribution < -0.4 is 5.73 Å². The van der Waals surface area contributed by atoms with E-state index in [2.05, 4.69) is 6.92 Å². The van der Waals surface area contributed by atoms with Crippen molar-refractivity contribution in [1.29, 1.82) is 0 Å². The van der Waals surface area contributed by atoms with Crippen molar-refractivity contribution in [2.24, 2.45) is 5.73 Å². The normalized spacial score (nSPS) is 13.0. The third-order valence-corrected chi connectivity index (χ3v) is 6.18. The predicted octanol–water partition coefficient (Wildman–Crippen LogP) is 5.20. The summed E-state index contributed by atoms with van der Waals surface area (Å²) in [5.41, 5.74) is 6.32. The second-order valence-electron chi connectivity index (χ2n) is 7.14. The molecule has 2 N–H and O–H groups in total. The highest BCUT2D eigenvalue weighted by atomic mass is 32.2. The smallest absolute Gasteiger partial charge is 0.297 e. The lowest BCUT2D eigenvalue weighted by Gasteiger charge is -2.14. The van der Waals surface area contributed by atoms with E-state index >= 15 is 0 Å². The SMILES string of the molecule is CCCCCCCCCCCCc1ccccc1S(=O)(=O)OC(C)CN. The van der Waals surface area contributed by atoms with Crippen LogP contribution in [0.2, 0.25) is 0 Å². The average molecular weight is 384 g/mol. The van der Waals surface area contributed by atoms with Crippen LogP contribution in [0.5, 0.6) is 0 Å². The Morgan fingerprint density at radius 3 is 2.04 bits per heavy atom. The molecular weight excluding hydrogens is 346 g/mol. The fourth-order valence-corrected chi connectivity index (χ4v) is 4.42. The van der Waals surface area contributed by atoms with Gasteiger partial charge in [0.25, 0.3) is 10.1 Å². The van der Waals surface area contributed by atoms with Gasteiger partial charge in [0, 0.05) is 6.54 Å². The monoisotopic (exact) mass is 383 g/mol. The first-order valence-electron chi connectivity index (χ1n) is 10.2. The molecule has 0 spiro atoms. The zero-order valence-corrected chi connectivity index (χ0v) is 17.4. The Kier molecular flexibility index (Phi) is 11.8. The van der Waals surface area contributed by atoms with Crippen molar-refractivity contribution in [2.45, 2.75) is 95.5 Å². The summed E-state index contributed by atoms with van der Waals surface area (Å²) in [6.07, 6.45) is 13.0. The molecule has 26 heavy (non-hydrogen) atoms. The summed E-state index contributed by atoms with van der Waals surface area (Å²) in [5, 5.41) is 0. The lowest BCUT2D eigenvalue weighted by atomic mass is 10.0. The van der Waals surface area contributed by atoms with Crippen molar-refractivity contribution in [3.8, 4) is 0 Å². The Balaban J connectivity index is 2.35. The van der Waals surface area contributed by atoms with Crippen LogP contribution >= 0.6 is 0 Å². The summed E-state index contributed by atoms with van der Waals surface area (Å²) in [4.78, 5) is 0.288. The molecule has 0 aliphatic rings. The van der Waals surface area contributed by atoms with Crippen molar-refractivity contribution >= 4 is 10.1 Å². The maximum Gasteiger partial charge on any atom is 0.297 e. The summed E-state index contributed by atoms with van der Waals surface area (Å²) in [6.45, 7) is 4.09. The topological polar surface area (TPSA) is 69.4 Å². The largest absolute Gasteiger partial charge is 0.328 e. The number of unbranched alkanes of at least 4 members (excludes halogenated alkanes) is 9. The van der Waals surface area contributed by atoms with Crippen LogP contribution in [0.3, 0.4) is 0 Å². The van der Waals surface area contributed by atoms with E-state index in [9.17, 15) is 8.42 Å². The van der Waals surface area contributed by atoms with Gasteiger partial charge in [0.2, 0.25) is 0 Å². The molecular formula is C21H37NO3S. The zero-order valence-electron chi connectivity index (χ0n) is 16.6. The third kappa shape index (κ3) is 9.15. The maximum atomic E-state index is 12.4. The molecule has 5 heteroatoms. The van der Waals surface area contributed by atoms with E-state index in [4.69, 9.17) is 9.92 Å². The molecule has 1 unspecified atom stereocenters. The molecule has 0 radical (unpaired) electrons. The Hall–Kier alpha value is -0.910. The first-order chi connectivity index (χ1) is 12.5. The molecule has 4 nitrogen and oxygen atoms in total. The minimum atomic E-state index is -3.74. The minimum absolute atomic E-state index is 0.180. The molecule has 0 fully saturated rings. The molecule has 0 saturated heterocycles. The Morgan fingerprint density at radius 1 is 0.923 bits per heavy atom. The molecule has 0 heterocycles. The van der Waals surface area contributed by atoms with Gasteiger partial charge in [0.15, 0.2) is 0 Å². The van der Waals surface area contributed by atoms with Crippen molar-refractivity contribution in [3.63, 3.8) is 0 Å². The van der Waals surface area contributed by atoms with Crippen molar-refractivity contribution in [1.82, 2.24) is 0 Å². The van der Waals surface area contributed by atoms with Crippen LogP contribution in [0.1, 0.15) is 83.6 Å². The number of aryl methyl sites for hydroxylation is 1. The quantitative estimate of drug-likeness (QED) is 0.334. The summed E-state index contributed by atoms with van der Waals surface area (Å²) in [7, 11) is -3.74. The van der Waals surface area contributed by atoms with Gasteiger partial charge in [-0.05, 0) is 31.4 Å². The molecule has 1 rings (SSSR count). The van der Waals surface area contributed by atoms with Gasteiger partial charge in [0.1, 0.15) is 0 Å². The second-order valence-corrected chi connectivity index (χ2v) is 8.68. The van der Waals surface area contributed by atoms with Gasteiger partial charge in [-0.25, -0.2) is 0 Å². The fraction of sp³-hybridized carbons (Fsp3) is 0.714. The molecule has 0 aliphatic heterocycles. The number of nitrogens with two attached hydrogens (primary N) is 1. The van der Waals surface area contributed by atoms with Gasteiger partial charge in [-0.1, -0.05) is 82.9 Å². The zero-order chi connectivity index (χ0) is 19.3. The van der Waals surface area contributed by atoms with Crippen molar-refractivity contribution in [2.75, 3.05) is 6.54 Å². The summed E-state index contributed by atoms with van der Waals surface area (Å²) in [6, 6.07) is 7.14. The third-order valence-electron chi connectivity index (χ3n) is 4.66. The first kappa shape index (κ1) is 23.1. The van der Waals surface area contributed by atoms with Crippen LogP contribution in [-0.2, 0) is 20.7 Å². The van der Waals surface area contributed by atoms with E-state index in [1.807, 2.05) is 12.1 Å². The van der Waals surface area contributed by atoms with Gasteiger partial charge < -0.3 is 5.73 Å². The Morgan fingerprint density at radius 2 is 1.46 bits per heavy atom. The van der Waals surface area contributed by atoms with E-state index < -0.39 is 16.2 Å². The van der Waals surface area contributed by atoms with E-state index in [0.717, 1.165) is 24.8 Å². The van der Waals surface area contributed by atoms with E-state index in [-0.39, 0.29) is 11.4 Å². The van der Waals surface area contributed by atoms with Gasteiger partial charge in [0.05, 0.1) is 11.0 Å². The van der Waals surface area contributed by atoms with Gasteiger partial charge in [-0.2, -0.15) is 8.42 Å². The molecule has 150 valence electrons. The van der Waals surface area contributed by atoms with Gasteiger partial charge in [-0.15, -0.1) is 0 Å². The Bertz CT molecular complexity index is 587. The highest BCUT2D eigenvalue weighted by Crippen LogP contribution is 2.21. The molecule has 0 bridgehead atoms. The van der Waals surface area contributed by atoms with Crippen LogP contribution in [0.4, 0.5) is 0 Å². The number of benzene rings is 1. The molecule has 1 aromatic rings. The Labute approximate surface area is 160 Å². The average Bonchev–Trinajstić information content (AvgIpc) is 2.63. The summed E-state index contributed by atoms with van der Waals surface area (Å²) < 4.78 is 30.0. The maximum absolute atomic E-state index is 12.4. The number of rotatable bonds is 15. The summed E-state index contributed by atoms with van der Waals surface area (Å²) >= 11 is 0. The molecule has 1 aromatic carbocycles. The molecule has 0 amide bonds. The fourth-order valence-electron chi connectivity index (χ4n) is 3.06. The summed E-state index contributed by atoms with van der Waals surface area (Å²) in [5.74, 6) is 0.